The van der Waals surface area contributed by atoms with E-state index in [1.807, 2.05) is 37.3 Å². The average molecular weight is 381 g/mol. The molecule has 0 saturated carbocycles. The number of rotatable bonds is 7. The Morgan fingerprint density at radius 1 is 1.18 bits per heavy atom. The van der Waals surface area contributed by atoms with Crippen LogP contribution in [-0.4, -0.2) is 17.1 Å². The molecule has 0 aliphatic heterocycles. The molecule has 2 N–H and O–H groups in total. The van der Waals surface area contributed by atoms with Gasteiger partial charge in [0.25, 0.3) is 5.91 Å². The molecule has 1 heterocycles. The third-order valence-corrected chi connectivity index (χ3v) is 4.51. The van der Waals surface area contributed by atoms with Crippen molar-refractivity contribution >= 4 is 16.9 Å². The van der Waals surface area contributed by atoms with Crippen molar-refractivity contribution in [2.24, 2.45) is 0 Å². The monoisotopic (exact) mass is 381 g/mol. The number of nitrogens with one attached hydrogen (secondary N) is 1. The molecule has 1 aromatic heterocycles. The quantitative estimate of drug-likeness (QED) is 0.614. The topological polar surface area (TPSA) is 88.8 Å². The summed E-state index contributed by atoms with van der Waals surface area (Å²) in [5.41, 5.74) is 2.63. The van der Waals surface area contributed by atoms with Crippen LogP contribution in [-0.2, 0) is 24.4 Å². The van der Waals surface area contributed by atoms with Gasteiger partial charge in [-0.3, -0.25) is 4.79 Å². The second kappa shape index (κ2) is 8.71. The fourth-order valence-corrected chi connectivity index (χ4v) is 3.00. The van der Waals surface area contributed by atoms with E-state index < -0.39 is 11.7 Å². The maximum absolute atomic E-state index is 12.3. The third-order valence-electron chi connectivity index (χ3n) is 4.51. The van der Waals surface area contributed by atoms with Gasteiger partial charge >= 0.3 is 5.63 Å². The van der Waals surface area contributed by atoms with E-state index >= 15 is 0 Å². The molecule has 0 spiro atoms. The largest absolute Gasteiger partial charge is 0.481 e. The van der Waals surface area contributed by atoms with Crippen molar-refractivity contribution in [3.05, 3.63) is 75.6 Å². The molecule has 6 nitrogen and oxygen atoms in total. The highest BCUT2D eigenvalue weighted by atomic mass is 16.5. The van der Waals surface area contributed by atoms with Gasteiger partial charge in [-0.05, 0) is 42.2 Å². The Hall–Kier alpha value is -3.12. The van der Waals surface area contributed by atoms with Crippen LogP contribution in [0.4, 0.5) is 0 Å². The van der Waals surface area contributed by atoms with Crippen LogP contribution in [0.1, 0.15) is 30.5 Å². The van der Waals surface area contributed by atoms with E-state index in [1.165, 1.54) is 6.07 Å². The third kappa shape index (κ3) is 4.58. The lowest BCUT2D eigenvalue weighted by Crippen LogP contribution is -2.35. The molecule has 0 fully saturated rings. The first-order valence-electron chi connectivity index (χ1n) is 9.20. The highest BCUT2D eigenvalue weighted by molar-refractivity contribution is 5.83. The van der Waals surface area contributed by atoms with Crippen molar-refractivity contribution in [2.75, 3.05) is 0 Å². The molecule has 1 unspecified atom stereocenters. The number of hydrogen-bond donors (Lipinski definition) is 2. The van der Waals surface area contributed by atoms with Gasteiger partial charge in [-0.15, -0.1) is 0 Å². The molecule has 0 aliphatic rings. The van der Waals surface area contributed by atoms with E-state index in [4.69, 9.17) is 9.15 Å². The summed E-state index contributed by atoms with van der Waals surface area (Å²) in [7, 11) is 0. The number of aliphatic hydroxyl groups is 1. The number of aliphatic hydroxyl groups excluding tert-OH is 1. The van der Waals surface area contributed by atoms with Crippen molar-refractivity contribution in [2.45, 2.75) is 39.5 Å². The number of carbonyl (C=O) groups is 1. The Labute approximate surface area is 162 Å². The molecule has 0 saturated heterocycles. The van der Waals surface area contributed by atoms with Gasteiger partial charge in [0.05, 0.1) is 6.61 Å². The number of fused-ring (bicyclic) bond motifs is 1. The summed E-state index contributed by atoms with van der Waals surface area (Å²) in [6.45, 7) is 3.93. The minimum Gasteiger partial charge on any atom is -0.481 e. The van der Waals surface area contributed by atoms with Gasteiger partial charge in [-0.25, -0.2) is 4.79 Å². The van der Waals surface area contributed by atoms with Crippen LogP contribution >= 0.6 is 0 Å². The molecular formula is C22H23NO5. The minimum absolute atomic E-state index is 0.0425. The highest BCUT2D eigenvalue weighted by Gasteiger charge is 2.15. The van der Waals surface area contributed by atoms with Gasteiger partial charge in [0.15, 0.2) is 6.10 Å². The van der Waals surface area contributed by atoms with Gasteiger partial charge in [-0.2, -0.15) is 0 Å². The standard InChI is InChI=1S/C22H23NO5/c1-3-17-10-21(25)28-20-11-18(7-8-19(17)20)27-14(2)22(26)23-12-15-5-4-6-16(9-15)13-24/h4-11,14,24H,3,12-13H2,1-2H3,(H,23,26). The number of amides is 1. The number of benzene rings is 2. The van der Waals surface area contributed by atoms with Crippen LogP contribution in [0.3, 0.4) is 0 Å². The molecule has 3 rings (SSSR count). The second-order valence-corrected chi connectivity index (χ2v) is 6.56. The van der Waals surface area contributed by atoms with E-state index in [-0.39, 0.29) is 12.5 Å². The van der Waals surface area contributed by atoms with Crippen molar-refractivity contribution in [3.63, 3.8) is 0 Å². The molecule has 3 aromatic rings. The fourth-order valence-electron chi connectivity index (χ4n) is 3.00. The second-order valence-electron chi connectivity index (χ2n) is 6.56. The van der Waals surface area contributed by atoms with E-state index in [2.05, 4.69) is 5.32 Å². The molecule has 2 aromatic carbocycles. The number of ether oxygens (including phenoxy) is 1. The van der Waals surface area contributed by atoms with Crippen LogP contribution in [0.15, 0.2) is 57.7 Å². The van der Waals surface area contributed by atoms with E-state index in [0.29, 0.717) is 17.9 Å². The lowest BCUT2D eigenvalue weighted by atomic mass is 10.1. The zero-order chi connectivity index (χ0) is 20.1. The van der Waals surface area contributed by atoms with Gasteiger partial charge in [0, 0.05) is 24.1 Å². The first-order valence-corrected chi connectivity index (χ1v) is 9.20. The lowest BCUT2D eigenvalue weighted by Gasteiger charge is -2.15. The van der Waals surface area contributed by atoms with Gasteiger partial charge in [0.1, 0.15) is 11.3 Å². The smallest absolute Gasteiger partial charge is 0.336 e. The molecule has 6 heteroatoms. The Bertz CT molecular complexity index is 1040. The molecule has 0 bridgehead atoms. The zero-order valence-corrected chi connectivity index (χ0v) is 15.9. The van der Waals surface area contributed by atoms with Crippen molar-refractivity contribution in [1.29, 1.82) is 0 Å². The summed E-state index contributed by atoms with van der Waals surface area (Å²) in [6, 6.07) is 14.1. The van der Waals surface area contributed by atoms with E-state index in [9.17, 15) is 14.7 Å². The lowest BCUT2D eigenvalue weighted by molar-refractivity contribution is -0.127. The van der Waals surface area contributed by atoms with E-state index in [0.717, 1.165) is 28.5 Å². The average Bonchev–Trinajstić information content (AvgIpc) is 2.71. The fraction of sp³-hybridized carbons (Fsp3) is 0.273. The molecular weight excluding hydrogens is 358 g/mol. The summed E-state index contributed by atoms with van der Waals surface area (Å²) in [4.78, 5) is 24.0. The van der Waals surface area contributed by atoms with Crippen LogP contribution < -0.4 is 15.7 Å². The molecule has 0 radical (unpaired) electrons. The number of carbonyl (C=O) groups excluding carboxylic acids is 1. The molecule has 28 heavy (non-hydrogen) atoms. The molecule has 146 valence electrons. The van der Waals surface area contributed by atoms with Gasteiger partial charge in [0.2, 0.25) is 0 Å². The van der Waals surface area contributed by atoms with Gasteiger partial charge in [-0.1, -0.05) is 31.2 Å². The Kier molecular flexibility index (Phi) is 6.11. The SMILES string of the molecule is CCc1cc(=O)oc2cc(OC(C)C(=O)NCc3cccc(CO)c3)ccc12. The maximum Gasteiger partial charge on any atom is 0.336 e. The summed E-state index contributed by atoms with van der Waals surface area (Å²) in [5, 5.41) is 12.9. The summed E-state index contributed by atoms with van der Waals surface area (Å²) in [6.07, 6.45) is -0.00181. The van der Waals surface area contributed by atoms with Crippen LogP contribution in [0, 0.1) is 0 Å². The summed E-state index contributed by atoms with van der Waals surface area (Å²) < 4.78 is 11.0. The van der Waals surface area contributed by atoms with Crippen LogP contribution in [0.5, 0.6) is 5.75 Å². The number of hydrogen-bond acceptors (Lipinski definition) is 5. The van der Waals surface area contributed by atoms with Crippen LogP contribution in [0.25, 0.3) is 11.0 Å². The first kappa shape index (κ1) is 19.6. The maximum atomic E-state index is 12.3. The predicted octanol–water partition coefficient (Wildman–Crippen LogP) is 2.93. The Balaban J connectivity index is 1.67. The number of aryl methyl sites for hydroxylation is 1. The summed E-state index contributed by atoms with van der Waals surface area (Å²) >= 11 is 0. The van der Waals surface area contributed by atoms with Crippen LogP contribution in [0.2, 0.25) is 0 Å². The van der Waals surface area contributed by atoms with Crippen molar-refractivity contribution < 1.29 is 19.1 Å². The molecule has 0 aliphatic carbocycles. The van der Waals surface area contributed by atoms with Crippen molar-refractivity contribution in [3.8, 4) is 5.75 Å². The van der Waals surface area contributed by atoms with Gasteiger partial charge < -0.3 is 19.6 Å². The van der Waals surface area contributed by atoms with E-state index in [1.54, 1.807) is 19.1 Å². The predicted molar refractivity (Wildman–Crippen MR) is 106 cm³/mol. The Morgan fingerprint density at radius 2 is 1.96 bits per heavy atom. The highest BCUT2D eigenvalue weighted by Crippen LogP contribution is 2.23. The summed E-state index contributed by atoms with van der Waals surface area (Å²) in [5.74, 6) is 0.187. The molecule has 1 amide bonds. The minimum atomic E-state index is -0.723. The first-order chi connectivity index (χ1) is 13.5. The molecule has 1 atom stereocenters. The zero-order valence-electron chi connectivity index (χ0n) is 15.9. The normalized spacial score (nSPS) is 12.0. The van der Waals surface area contributed by atoms with Crippen molar-refractivity contribution in [1.82, 2.24) is 5.32 Å². The Morgan fingerprint density at radius 3 is 2.71 bits per heavy atom.